The summed E-state index contributed by atoms with van der Waals surface area (Å²) in [5.74, 6) is 1.48. The van der Waals surface area contributed by atoms with Crippen molar-refractivity contribution < 1.29 is 0 Å². The number of aromatic nitrogens is 2. The van der Waals surface area contributed by atoms with Crippen LogP contribution >= 0.6 is 0 Å². The van der Waals surface area contributed by atoms with E-state index in [4.69, 9.17) is 9.97 Å². The maximum Gasteiger partial charge on any atom is 0.159 e. The minimum atomic E-state index is 0.651. The lowest BCUT2D eigenvalue weighted by atomic mass is 10.1. The molecular weight excluding hydrogens is 258 g/mol. The predicted octanol–water partition coefficient (Wildman–Crippen LogP) is 3.81. The SMILES string of the molecule is Cc1ccccc1-c1nc(C)c(CNCC(C)C)c(C)n1. The van der Waals surface area contributed by atoms with Crippen molar-refractivity contribution in [2.45, 2.75) is 41.2 Å². The van der Waals surface area contributed by atoms with E-state index in [9.17, 15) is 0 Å². The lowest BCUT2D eigenvalue weighted by Crippen LogP contribution is -2.21. The fourth-order valence-electron chi connectivity index (χ4n) is 2.43. The molecule has 1 aromatic carbocycles. The Bertz CT molecular complexity index is 595. The van der Waals surface area contributed by atoms with Gasteiger partial charge >= 0.3 is 0 Å². The number of hydrogen-bond acceptors (Lipinski definition) is 3. The van der Waals surface area contributed by atoms with Crippen LogP contribution in [0.2, 0.25) is 0 Å². The number of rotatable bonds is 5. The van der Waals surface area contributed by atoms with E-state index in [0.29, 0.717) is 5.92 Å². The Morgan fingerprint density at radius 3 is 2.19 bits per heavy atom. The summed E-state index contributed by atoms with van der Waals surface area (Å²) in [4.78, 5) is 9.42. The first-order valence-electron chi connectivity index (χ1n) is 7.60. The molecule has 2 aromatic rings. The van der Waals surface area contributed by atoms with Crippen LogP contribution in [0.15, 0.2) is 24.3 Å². The lowest BCUT2D eigenvalue weighted by molar-refractivity contribution is 0.549. The molecule has 0 aliphatic rings. The van der Waals surface area contributed by atoms with E-state index in [1.807, 2.05) is 12.1 Å². The highest BCUT2D eigenvalue weighted by molar-refractivity contribution is 5.60. The van der Waals surface area contributed by atoms with Crippen molar-refractivity contribution in [3.05, 3.63) is 46.8 Å². The summed E-state index contributed by atoms with van der Waals surface area (Å²) < 4.78 is 0. The van der Waals surface area contributed by atoms with Crippen molar-refractivity contribution in [2.24, 2.45) is 5.92 Å². The number of benzene rings is 1. The zero-order valence-corrected chi connectivity index (χ0v) is 13.7. The van der Waals surface area contributed by atoms with Gasteiger partial charge in [0.15, 0.2) is 5.82 Å². The molecule has 0 amide bonds. The van der Waals surface area contributed by atoms with Crippen molar-refractivity contribution in [3.63, 3.8) is 0 Å². The van der Waals surface area contributed by atoms with Gasteiger partial charge in [0.1, 0.15) is 0 Å². The van der Waals surface area contributed by atoms with Gasteiger partial charge in [-0.1, -0.05) is 38.1 Å². The lowest BCUT2D eigenvalue weighted by Gasteiger charge is -2.13. The molecule has 0 unspecified atom stereocenters. The van der Waals surface area contributed by atoms with Crippen molar-refractivity contribution in [2.75, 3.05) is 6.54 Å². The van der Waals surface area contributed by atoms with Crippen LogP contribution < -0.4 is 5.32 Å². The third-order valence-electron chi connectivity index (χ3n) is 3.66. The van der Waals surface area contributed by atoms with Gasteiger partial charge < -0.3 is 5.32 Å². The summed E-state index contributed by atoms with van der Waals surface area (Å²) >= 11 is 0. The normalized spacial score (nSPS) is 11.1. The zero-order valence-electron chi connectivity index (χ0n) is 13.7. The van der Waals surface area contributed by atoms with Crippen molar-refractivity contribution in [1.29, 1.82) is 0 Å². The van der Waals surface area contributed by atoms with Gasteiger partial charge in [0.25, 0.3) is 0 Å². The van der Waals surface area contributed by atoms with Crippen LogP contribution in [0, 0.1) is 26.7 Å². The van der Waals surface area contributed by atoms with E-state index < -0.39 is 0 Å². The molecule has 21 heavy (non-hydrogen) atoms. The zero-order chi connectivity index (χ0) is 15.4. The van der Waals surface area contributed by atoms with E-state index in [1.54, 1.807) is 0 Å². The standard InChI is InChI=1S/C18H25N3/c1-12(2)10-19-11-17-14(4)20-18(21-15(17)5)16-9-7-6-8-13(16)3/h6-9,12,19H,10-11H2,1-5H3. The van der Waals surface area contributed by atoms with E-state index in [0.717, 1.165) is 35.9 Å². The first-order chi connectivity index (χ1) is 9.99. The first kappa shape index (κ1) is 15.6. The van der Waals surface area contributed by atoms with Crippen molar-refractivity contribution in [3.8, 4) is 11.4 Å². The highest BCUT2D eigenvalue weighted by Gasteiger charge is 2.11. The van der Waals surface area contributed by atoms with E-state index in [1.165, 1.54) is 11.1 Å². The molecule has 0 bridgehead atoms. The average molecular weight is 283 g/mol. The van der Waals surface area contributed by atoms with Crippen LogP contribution in [-0.2, 0) is 6.54 Å². The molecule has 0 saturated heterocycles. The van der Waals surface area contributed by atoms with E-state index in [2.05, 4.69) is 52.1 Å². The van der Waals surface area contributed by atoms with E-state index >= 15 is 0 Å². The minimum Gasteiger partial charge on any atom is -0.312 e. The molecule has 3 nitrogen and oxygen atoms in total. The molecule has 0 spiro atoms. The molecule has 0 saturated carbocycles. The molecule has 0 aliphatic carbocycles. The van der Waals surface area contributed by atoms with Crippen LogP contribution in [0.3, 0.4) is 0 Å². The summed E-state index contributed by atoms with van der Waals surface area (Å²) in [5, 5.41) is 3.47. The quantitative estimate of drug-likeness (QED) is 0.906. The van der Waals surface area contributed by atoms with Gasteiger partial charge in [-0.05, 0) is 38.8 Å². The predicted molar refractivity (Wildman–Crippen MR) is 88.2 cm³/mol. The van der Waals surface area contributed by atoms with Gasteiger partial charge in [0.05, 0.1) is 0 Å². The second-order valence-electron chi connectivity index (χ2n) is 6.04. The van der Waals surface area contributed by atoms with Gasteiger partial charge in [0.2, 0.25) is 0 Å². The molecule has 1 heterocycles. The van der Waals surface area contributed by atoms with E-state index in [-0.39, 0.29) is 0 Å². The molecule has 0 atom stereocenters. The summed E-state index contributed by atoms with van der Waals surface area (Å²) in [7, 11) is 0. The molecule has 1 N–H and O–H groups in total. The smallest absolute Gasteiger partial charge is 0.159 e. The molecule has 0 aliphatic heterocycles. The highest BCUT2D eigenvalue weighted by Crippen LogP contribution is 2.21. The van der Waals surface area contributed by atoms with Crippen molar-refractivity contribution >= 4 is 0 Å². The molecule has 0 fully saturated rings. The Morgan fingerprint density at radius 1 is 1.00 bits per heavy atom. The largest absolute Gasteiger partial charge is 0.312 e. The van der Waals surface area contributed by atoms with Crippen LogP contribution in [0.25, 0.3) is 11.4 Å². The maximum absolute atomic E-state index is 4.71. The van der Waals surface area contributed by atoms with Gasteiger partial charge in [0, 0.05) is 29.1 Å². The monoisotopic (exact) mass is 283 g/mol. The van der Waals surface area contributed by atoms with Crippen LogP contribution in [0.5, 0.6) is 0 Å². The Kier molecular flexibility index (Phi) is 5.07. The topological polar surface area (TPSA) is 37.8 Å². The maximum atomic E-state index is 4.71. The minimum absolute atomic E-state index is 0.651. The molecule has 112 valence electrons. The van der Waals surface area contributed by atoms with Crippen molar-refractivity contribution in [1.82, 2.24) is 15.3 Å². The summed E-state index contributed by atoms with van der Waals surface area (Å²) in [6, 6.07) is 8.26. The van der Waals surface area contributed by atoms with Gasteiger partial charge in [-0.3, -0.25) is 0 Å². The Balaban J connectivity index is 2.27. The van der Waals surface area contributed by atoms with Crippen LogP contribution in [0.1, 0.15) is 36.4 Å². The first-order valence-corrected chi connectivity index (χ1v) is 7.60. The molecule has 0 radical (unpaired) electrons. The molecule has 1 aromatic heterocycles. The summed E-state index contributed by atoms with van der Waals surface area (Å²) in [6.07, 6.45) is 0. The molecule has 2 rings (SSSR count). The number of hydrogen-bond donors (Lipinski definition) is 1. The van der Waals surface area contributed by atoms with Gasteiger partial charge in [-0.15, -0.1) is 0 Å². The highest BCUT2D eigenvalue weighted by atomic mass is 14.9. The second kappa shape index (κ2) is 6.81. The number of nitrogens with zero attached hydrogens (tertiary/aromatic N) is 2. The number of nitrogens with one attached hydrogen (secondary N) is 1. The second-order valence-corrected chi connectivity index (χ2v) is 6.04. The molecular formula is C18H25N3. The van der Waals surface area contributed by atoms with Crippen LogP contribution in [-0.4, -0.2) is 16.5 Å². The fourth-order valence-corrected chi connectivity index (χ4v) is 2.43. The Hall–Kier alpha value is -1.74. The summed E-state index contributed by atoms with van der Waals surface area (Å²) in [5.41, 5.74) is 5.68. The third-order valence-corrected chi connectivity index (χ3v) is 3.66. The van der Waals surface area contributed by atoms with Gasteiger partial charge in [-0.25, -0.2) is 9.97 Å². The Morgan fingerprint density at radius 2 is 1.62 bits per heavy atom. The average Bonchev–Trinajstić information content (AvgIpc) is 2.42. The molecule has 3 heteroatoms. The van der Waals surface area contributed by atoms with Gasteiger partial charge in [-0.2, -0.15) is 0 Å². The summed E-state index contributed by atoms with van der Waals surface area (Å²) in [6.45, 7) is 12.5. The Labute approximate surface area is 127 Å². The fraction of sp³-hybridized carbons (Fsp3) is 0.444. The number of aryl methyl sites for hydroxylation is 3. The van der Waals surface area contributed by atoms with Crippen LogP contribution in [0.4, 0.5) is 0 Å². The third kappa shape index (κ3) is 3.88.